The monoisotopic (exact) mass is 337 g/mol. The Morgan fingerprint density at radius 1 is 1.00 bits per heavy atom. The maximum Gasteiger partial charge on any atom is 0.255 e. The van der Waals surface area contributed by atoms with Crippen LogP contribution in [-0.2, 0) is 0 Å². The molecule has 2 aromatic carbocycles. The van der Waals surface area contributed by atoms with E-state index >= 15 is 0 Å². The normalized spacial score (nSPS) is 19.9. The number of para-hydroxylation sites is 1. The molecule has 3 rings (SSSR count). The Kier molecular flexibility index (Phi) is 5.46. The Morgan fingerprint density at radius 2 is 1.72 bits per heavy atom. The van der Waals surface area contributed by atoms with Crippen LogP contribution in [0, 0.1) is 0 Å². The van der Waals surface area contributed by atoms with Crippen LogP contribution in [0.5, 0.6) is 0 Å². The molecule has 130 valence electrons. The molecule has 5 nitrogen and oxygen atoms in total. The van der Waals surface area contributed by atoms with Crippen LogP contribution < -0.4 is 16.0 Å². The molecule has 2 atom stereocenters. The third-order valence-corrected chi connectivity index (χ3v) is 4.41. The molecular weight excluding hydrogens is 314 g/mol. The van der Waals surface area contributed by atoms with Gasteiger partial charge in [-0.25, -0.2) is 0 Å². The lowest BCUT2D eigenvalue weighted by atomic mass is 10.00. The summed E-state index contributed by atoms with van der Waals surface area (Å²) in [5.74, 6) is -0.376. The summed E-state index contributed by atoms with van der Waals surface area (Å²) in [6.07, 6.45) is 1.82. The van der Waals surface area contributed by atoms with E-state index in [4.69, 9.17) is 0 Å². The standard InChI is InChI=1S/C20H23N3O2/c1-14-13-16(11-12-21-14)22-20(25)17-9-5-6-10-18(17)23-19(24)15-7-3-2-4-8-15/h2-10,14,16,21H,11-13H2,1H3,(H,22,25)(H,23,24). The summed E-state index contributed by atoms with van der Waals surface area (Å²) in [6, 6.07) is 16.6. The van der Waals surface area contributed by atoms with Gasteiger partial charge < -0.3 is 16.0 Å². The molecule has 0 saturated carbocycles. The van der Waals surface area contributed by atoms with Gasteiger partial charge in [0.15, 0.2) is 0 Å². The molecule has 1 heterocycles. The molecule has 0 bridgehead atoms. The molecule has 3 N–H and O–H groups in total. The van der Waals surface area contributed by atoms with Crippen molar-refractivity contribution in [3.8, 4) is 0 Å². The van der Waals surface area contributed by atoms with Gasteiger partial charge in [0, 0.05) is 17.6 Å². The highest BCUT2D eigenvalue weighted by atomic mass is 16.2. The van der Waals surface area contributed by atoms with Crippen molar-refractivity contribution in [1.82, 2.24) is 10.6 Å². The first-order chi connectivity index (χ1) is 12.1. The molecule has 0 aliphatic carbocycles. The van der Waals surface area contributed by atoms with Gasteiger partial charge in [-0.3, -0.25) is 9.59 Å². The molecule has 0 aromatic heterocycles. The van der Waals surface area contributed by atoms with E-state index in [0.717, 1.165) is 19.4 Å². The van der Waals surface area contributed by atoms with Gasteiger partial charge in [0.2, 0.25) is 0 Å². The van der Waals surface area contributed by atoms with Crippen molar-refractivity contribution in [2.75, 3.05) is 11.9 Å². The highest BCUT2D eigenvalue weighted by molar-refractivity contribution is 6.09. The maximum atomic E-state index is 12.7. The van der Waals surface area contributed by atoms with Crippen molar-refractivity contribution in [1.29, 1.82) is 0 Å². The molecule has 0 radical (unpaired) electrons. The second-order valence-corrected chi connectivity index (χ2v) is 6.42. The fourth-order valence-electron chi connectivity index (χ4n) is 3.10. The molecule has 25 heavy (non-hydrogen) atoms. The van der Waals surface area contributed by atoms with Crippen LogP contribution in [0.1, 0.15) is 40.5 Å². The number of nitrogens with one attached hydrogen (secondary N) is 3. The Bertz CT molecular complexity index is 746. The number of piperidine rings is 1. The smallest absolute Gasteiger partial charge is 0.255 e. The summed E-state index contributed by atoms with van der Waals surface area (Å²) in [6.45, 7) is 3.02. The Morgan fingerprint density at radius 3 is 2.48 bits per heavy atom. The predicted molar refractivity (Wildman–Crippen MR) is 98.8 cm³/mol. The van der Waals surface area contributed by atoms with Crippen LogP contribution in [-0.4, -0.2) is 30.4 Å². The van der Waals surface area contributed by atoms with Gasteiger partial charge in [-0.15, -0.1) is 0 Å². The van der Waals surface area contributed by atoms with Gasteiger partial charge in [0.1, 0.15) is 0 Å². The third kappa shape index (κ3) is 4.45. The van der Waals surface area contributed by atoms with E-state index in [1.54, 1.807) is 30.3 Å². The number of anilines is 1. The van der Waals surface area contributed by atoms with Gasteiger partial charge in [-0.2, -0.15) is 0 Å². The summed E-state index contributed by atoms with van der Waals surface area (Å²) in [5, 5.41) is 9.30. The zero-order valence-electron chi connectivity index (χ0n) is 14.3. The van der Waals surface area contributed by atoms with Crippen LogP contribution >= 0.6 is 0 Å². The Hall–Kier alpha value is -2.66. The van der Waals surface area contributed by atoms with Gasteiger partial charge in [-0.1, -0.05) is 30.3 Å². The number of hydrogen-bond donors (Lipinski definition) is 3. The minimum atomic E-state index is -0.226. The van der Waals surface area contributed by atoms with Crippen molar-refractivity contribution in [2.45, 2.75) is 31.8 Å². The molecule has 2 amide bonds. The van der Waals surface area contributed by atoms with E-state index in [2.05, 4.69) is 22.9 Å². The number of rotatable bonds is 4. The van der Waals surface area contributed by atoms with E-state index in [1.807, 2.05) is 24.3 Å². The lowest BCUT2D eigenvalue weighted by Gasteiger charge is -2.28. The fraction of sp³-hybridized carbons (Fsp3) is 0.300. The van der Waals surface area contributed by atoms with E-state index in [9.17, 15) is 9.59 Å². The molecule has 1 saturated heterocycles. The summed E-state index contributed by atoms with van der Waals surface area (Å²) >= 11 is 0. The quantitative estimate of drug-likeness (QED) is 0.803. The molecule has 0 spiro atoms. The fourth-order valence-corrected chi connectivity index (χ4v) is 3.10. The number of hydrogen-bond acceptors (Lipinski definition) is 3. The van der Waals surface area contributed by atoms with Gasteiger partial charge in [-0.05, 0) is 50.6 Å². The van der Waals surface area contributed by atoms with Crippen LogP contribution in [0.25, 0.3) is 0 Å². The van der Waals surface area contributed by atoms with Crippen LogP contribution in [0.4, 0.5) is 5.69 Å². The average Bonchev–Trinajstić information content (AvgIpc) is 2.63. The first kappa shape index (κ1) is 17.2. The highest BCUT2D eigenvalue weighted by Crippen LogP contribution is 2.18. The summed E-state index contributed by atoms with van der Waals surface area (Å²) in [7, 11) is 0. The lowest BCUT2D eigenvalue weighted by molar-refractivity contribution is 0.0926. The minimum Gasteiger partial charge on any atom is -0.349 e. The second-order valence-electron chi connectivity index (χ2n) is 6.42. The molecule has 1 aliphatic heterocycles. The topological polar surface area (TPSA) is 70.2 Å². The lowest BCUT2D eigenvalue weighted by Crippen LogP contribution is -2.46. The second kappa shape index (κ2) is 7.94. The van der Waals surface area contributed by atoms with Crippen LogP contribution in [0.3, 0.4) is 0 Å². The summed E-state index contributed by atoms with van der Waals surface area (Å²) in [4.78, 5) is 25.0. The molecule has 2 aromatic rings. The van der Waals surface area contributed by atoms with Crippen molar-refractivity contribution in [3.05, 3.63) is 65.7 Å². The van der Waals surface area contributed by atoms with Gasteiger partial charge >= 0.3 is 0 Å². The summed E-state index contributed by atoms with van der Waals surface area (Å²) < 4.78 is 0. The van der Waals surface area contributed by atoms with E-state index < -0.39 is 0 Å². The van der Waals surface area contributed by atoms with Crippen LogP contribution in [0.2, 0.25) is 0 Å². The first-order valence-corrected chi connectivity index (χ1v) is 8.63. The summed E-state index contributed by atoms with van der Waals surface area (Å²) in [5.41, 5.74) is 1.57. The third-order valence-electron chi connectivity index (χ3n) is 4.41. The number of carbonyl (C=O) groups excluding carboxylic acids is 2. The maximum absolute atomic E-state index is 12.7. The van der Waals surface area contributed by atoms with E-state index in [1.165, 1.54) is 0 Å². The van der Waals surface area contributed by atoms with Crippen molar-refractivity contribution in [2.24, 2.45) is 0 Å². The van der Waals surface area contributed by atoms with E-state index in [0.29, 0.717) is 22.9 Å². The molecule has 5 heteroatoms. The zero-order valence-corrected chi connectivity index (χ0v) is 14.3. The van der Waals surface area contributed by atoms with Gasteiger partial charge in [0.25, 0.3) is 11.8 Å². The number of benzene rings is 2. The SMILES string of the molecule is CC1CC(NC(=O)c2ccccc2NC(=O)c2ccccc2)CCN1. The highest BCUT2D eigenvalue weighted by Gasteiger charge is 2.22. The Labute approximate surface area is 147 Å². The Balaban J connectivity index is 1.72. The molecule has 1 fully saturated rings. The number of carbonyl (C=O) groups is 2. The van der Waals surface area contributed by atoms with Crippen molar-refractivity contribution < 1.29 is 9.59 Å². The molecule has 2 unspecified atom stereocenters. The van der Waals surface area contributed by atoms with Crippen LogP contribution in [0.15, 0.2) is 54.6 Å². The van der Waals surface area contributed by atoms with E-state index in [-0.39, 0.29) is 17.9 Å². The zero-order chi connectivity index (χ0) is 17.6. The average molecular weight is 337 g/mol. The molecule has 1 aliphatic rings. The van der Waals surface area contributed by atoms with Crippen molar-refractivity contribution in [3.63, 3.8) is 0 Å². The first-order valence-electron chi connectivity index (χ1n) is 8.63. The largest absolute Gasteiger partial charge is 0.349 e. The van der Waals surface area contributed by atoms with Gasteiger partial charge in [0.05, 0.1) is 11.3 Å². The molecular formula is C20H23N3O2. The predicted octanol–water partition coefficient (Wildman–Crippen LogP) is 2.81. The number of amides is 2. The minimum absolute atomic E-state index is 0.150. The van der Waals surface area contributed by atoms with Crippen molar-refractivity contribution >= 4 is 17.5 Å².